The van der Waals surface area contributed by atoms with Gasteiger partial charge in [-0.05, 0) is 30.2 Å². The molecular weight excluding hydrogens is 374 g/mol. The van der Waals surface area contributed by atoms with Gasteiger partial charge in [0.25, 0.3) is 5.91 Å². The molecule has 7 heteroatoms. The van der Waals surface area contributed by atoms with Crippen molar-refractivity contribution in [1.82, 2.24) is 4.90 Å². The molecule has 0 spiro atoms. The van der Waals surface area contributed by atoms with Crippen molar-refractivity contribution in [3.63, 3.8) is 0 Å². The first-order valence-electron chi connectivity index (χ1n) is 6.19. The summed E-state index contributed by atoms with van der Waals surface area (Å²) >= 11 is 9.66. The van der Waals surface area contributed by atoms with Gasteiger partial charge in [0.05, 0.1) is 4.91 Å². The fourth-order valence-corrected chi connectivity index (χ4v) is 3.74. The molecule has 0 aliphatic carbocycles. The van der Waals surface area contributed by atoms with E-state index in [-0.39, 0.29) is 10.2 Å². The Labute approximate surface area is 140 Å². The molecule has 110 valence electrons. The molecule has 0 radical (unpaired) electrons. The number of thioether (sulfide) groups is 1. The second kappa shape index (κ2) is 6.72. The van der Waals surface area contributed by atoms with Gasteiger partial charge in [-0.3, -0.25) is 9.69 Å². The molecule has 0 saturated carbocycles. The average Bonchev–Trinajstić information content (AvgIpc) is 2.67. The third kappa shape index (κ3) is 3.53. The second-order valence-corrected chi connectivity index (χ2v) is 6.96. The zero-order valence-corrected chi connectivity index (χ0v) is 14.3. The molecule has 1 aliphatic rings. The first kappa shape index (κ1) is 16.2. The highest BCUT2D eigenvalue weighted by atomic mass is 79.9. The van der Waals surface area contributed by atoms with Gasteiger partial charge < -0.3 is 5.11 Å². The van der Waals surface area contributed by atoms with E-state index in [1.807, 2.05) is 24.3 Å². The number of aliphatic carboxylic acids is 1. The molecule has 1 atom stereocenters. The van der Waals surface area contributed by atoms with Gasteiger partial charge in [-0.1, -0.05) is 59.0 Å². The van der Waals surface area contributed by atoms with Crippen molar-refractivity contribution in [1.29, 1.82) is 0 Å². The lowest BCUT2D eigenvalue weighted by atomic mass is 10.2. The first-order valence-corrected chi connectivity index (χ1v) is 8.21. The van der Waals surface area contributed by atoms with Gasteiger partial charge in [-0.25, -0.2) is 4.79 Å². The number of amides is 1. The Hall–Kier alpha value is -1.18. The Morgan fingerprint density at radius 3 is 2.86 bits per heavy atom. The molecule has 21 heavy (non-hydrogen) atoms. The van der Waals surface area contributed by atoms with Crippen LogP contribution in [0.5, 0.6) is 0 Å². The lowest BCUT2D eigenvalue weighted by molar-refractivity contribution is -0.145. The van der Waals surface area contributed by atoms with Crippen LogP contribution < -0.4 is 0 Å². The third-order valence-corrected chi connectivity index (χ3v) is 4.78. The predicted molar refractivity (Wildman–Crippen MR) is 90.9 cm³/mol. The summed E-state index contributed by atoms with van der Waals surface area (Å²) in [5, 5.41) is 9.19. The first-order chi connectivity index (χ1) is 9.93. The number of hydrogen-bond acceptors (Lipinski definition) is 4. The molecular formula is C14H12BrNO3S2. The second-order valence-electron chi connectivity index (χ2n) is 4.37. The largest absolute Gasteiger partial charge is 0.480 e. The lowest BCUT2D eigenvalue weighted by Gasteiger charge is -2.21. The van der Waals surface area contributed by atoms with E-state index in [4.69, 9.17) is 12.2 Å². The average molecular weight is 386 g/mol. The van der Waals surface area contributed by atoms with Crippen molar-refractivity contribution >= 4 is 62.2 Å². The maximum atomic E-state index is 12.4. The van der Waals surface area contributed by atoms with E-state index >= 15 is 0 Å². The molecule has 0 bridgehead atoms. The quantitative estimate of drug-likeness (QED) is 0.634. The van der Waals surface area contributed by atoms with Crippen molar-refractivity contribution in [3.05, 3.63) is 39.2 Å². The molecule has 1 aliphatic heterocycles. The van der Waals surface area contributed by atoms with E-state index < -0.39 is 12.0 Å². The summed E-state index contributed by atoms with van der Waals surface area (Å²) in [6, 6.07) is 6.58. The van der Waals surface area contributed by atoms with E-state index in [9.17, 15) is 14.7 Å². The summed E-state index contributed by atoms with van der Waals surface area (Å²) in [4.78, 5) is 25.2. The number of carboxylic acid groups (broad SMARTS) is 1. The Morgan fingerprint density at radius 1 is 1.57 bits per heavy atom. The van der Waals surface area contributed by atoms with Gasteiger partial charge in [0, 0.05) is 4.47 Å². The number of benzene rings is 1. The molecule has 1 saturated heterocycles. The number of carboxylic acids is 1. The Bertz CT molecular complexity index is 645. The summed E-state index contributed by atoms with van der Waals surface area (Å²) in [7, 11) is 0. The van der Waals surface area contributed by atoms with Gasteiger partial charge in [-0.2, -0.15) is 0 Å². The minimum Gasteiger partial charge on any atom is -0.480 e. The molecule has 2 rings (SSSR count). The standard InChI is InChI=1S/C14H12BrNO3S2/c1-2-10(13(18)19)16-12(17)11(21-14(16)20)7-8-4-3-5-9(15)6-8/h3-7,10H,2H2,1H3,(H,18,19). The van der Waals surface area contributed by atoms with Crippen LogP contribution in [0, 0.1) is 0 Å². The van der Waals surface area contributed by atoms with E-state index in [2.05, 4.69) is 15.9 Å². The maximum Gasteiger partial charge on any atom is 0.326 e. The third-order valence-electron chi connectivity index (χ3n) is 2.95. The van der Waals surface area contributed by atoms with Gasteiger partial charge in [-0.15, -0.1) is 0 Å². The minimum atomic E-state index is -1.04. The van der Waals surface area contributed by atoms with Crippen LogP contribution in [-0.4, -0.2) is 32.2 Å². The summed E-state index contributed by atoms with van der Waals surface area (Å²) in [5.41, 5.74) is 0.855. The van der Waals surface area contributed by atoms with Crippen LogP contribution in [0.3, 0.4) is 0 Å². The van der Waals surface area contributed by atoms with Crippen LogP contribution in [0.2, 0.25) is 0 Å². The van der Waals surface area contributed by atoms with Gasteiger partial charge in [0.15, 0.2) is 0 Å². The Kier molecular flexibility index (Phi) is 5.18. The Balaban J connectivity index is 2.31. The normalized spacial score (nSPS) is 18.4. The lowest BCUT2D eigenvalue weighted by Crippen LogP contribution is -2.43. The molecule has 1 aromatic rings. The zero-order valence-electron chi connectivity index (χ0n) is 11.1. The minimum absolute atomic E-state index is 0.287. The molecule has 4 nitrogen and oxygen atoms in total. The van der Waals surface area contributed by atoms with Crippen LogP contribution in [-0.2, 0) is 9.59 Å². The number of rotatable bonds is 4. The van der Waals surface area contributed by atoms with Crippen LogP contribution in [0.1, 0.15) is 18.9 Å². The fraction of sp³-hybridized carbons (Fsp3) is 0.214. The molecule has 1 heterocycles. The fourth-order valence-electron chi connectivity index (χ4n) is 1.96. The molecule has 1 fully saturated rings. The van der Waals surface area contributed by atoms with Crippen molar-refractivity contribution in [2.45, 2.75) is 19.4 Å². The summed E-state index contributed by atoms with van der Waals surface area (Å²) in [5.74, 6) is -1.39. The smallest absolute Gasteiger partial charge is 0.326 e. The number of carbonyl (C=O) groups is 2. The SMILES string of the molecule is CCC(C(=O)O)N1C(=O)C(=Cc2cccc(Br)c2)SC1=S. The Morgan fingerprint density at radius 2 is 2.29 bits per heavy atom. The van der Waals surface area contributed by atoms with Gasteiger partial charge in [0.2, 0.25) is 0 Å². The van der Waals surface area contributed by atoms with Crippen molar-refractivity contribution in [2.75, 3.05) is 0 Å². The highest BCUT2D eigenvalue weighted by Crippen LogP contribution is 2.34. The number of hydrogen-bond donors (Lipinski definition) is 1. The number of nitrogens with zero attached hydrogens (tertiary/aromatic N) is 1. The number of thiocarbonyl (C=S) groups is 1. The summed E-state index contributed by atoms with van der Waals surface area (Å²) in [6.45, 7) is 1.72. The van der Waals surface area contributed by atoms with E-state index in [0.717, 1.165) is 21.8 Å². The van der Waals surface area contributed by atoms with E-state index in [0.29, 0.717) is 11.3 Å². The van der Waals surface area contributed by atoms with Gasteiger partial charge in [0.1, 0.15) is 10.4 Å². The highest BCUT2D eigenvalue weighted by molar-refractivity contribution is 9.10. The molecule has 1 unspecified atom stereocenters. The molecule has 0 aromatic heterocycles. The summed E-state index contributed by atoms with van der Waals surface area (Å²) < 4.78 is 1.19. The van der Waals surface area contributed by atoms with Gasteiger partial charge >= 0.3 is 5.97 Å². The van der Waals surface area contributed by atoms with E-state index in [1.54, 1.807) is 13.0 Å². The van der Waals surface area contributed by atoms with Crippen LogP contribution in [0.4, 0.5) is 0 Å². The monoisotopic (exact) mass is 385 g/mol. The van der Waals surface area contributed by atoms with Crippen LogP contribution in [0.25, 0.3) is 6.08 Å². The van der Waals surface area contributed by atoms with Crippen molar-refractivity contribution < 1.29 is 14.7 Å². The maximum absolute atomic E-state index is 12.4. The zero-order chi connectivity index (χ0) is 15.6. The number of halogens is 1. The van der Waals surface area contributed by atoms with Crippen molar-refractivity contribution in [3.8, 4) is 0 Å². The summed E-state index contributed by atoms with van der Waals surface area (Å²) in [6.07, 6.45) is 2.03. The van der Waals surface area contributed by atoms with E-state index in [1.165, 1.54) is 4.90 Å². The topological polar surface area (TPSA) is 57.6 Å². The number of carbonyl (C=O) groups excluding carboxylic acids is 1. The highest BCUT2D eigenvalue weighted by Gasteiger charge is 2.39. The molecule has 1 N–H and O–H groups in total. The predicted octanol–water partition coefficient (Wildman–Crippen LogP) is 3.51. The van der Waals surface area contributed by atoms with Crippen molar-refractivity contribution in [2.24, 2.45) is 0 Å². The van der Waals surface area contributed by atoms with Crippen LogP contribution >= 0.6 is 39.9 Å². The molecule has 1 amide bonds. The molecule has 1 aromatic carbocycles. The van der Waals surface area contributed by atoms with Crippen LogP contribution in [0.15, 0.2) is 33.6 Å².